The highest BCUT2D eigenvalue weighted by Gasteiger charge is 2.41. The van der Waals surface area contributed by atoms with Crippen LogP contribution < -0.4 is 30.4 Å². The van der Waals surface area contributed by atoms with Crippen molar-refractivity contribution in [2.24, 2.45) is 7.05 Å². The van der Waals surface area contributed by atoms with Crippen molar-refractivity contribution in [3.8, 4) is 28.7 Å². The van der Waals surface area contributed by atoms with E-state index in [2.05, 4.69) is 84.6 Å². The first kappa shape index (κ1) is 18.6. The summed E-state index contributed by atoms with van der Waals surface area (Å²) in [5.74, 6) is 4.74. The SMILES string of the molecule is Cc1ccccc1-n1c(C)[n+](C)c2cc3c(cc21)Oc1cccc2c1B3c1ccccc1O2. The van der Waals surface area contributed by atoms with Gasteiger partial charge in [0.25, 0.3) is 12.5 Å². The highest BCUT2D eigenvalue weighted by molar-refractivity contribution is 6.98. The largest absolute Gasteiger partial charge is 0.458 e. The lowest BCUT2D eigenvalue weighted by atomic mass is 9.35. The standard InChI is InChI=1S/C28H22BN2O2/c1-17-9-4-6-11-21(17)31-18(2)30(3)22-15-20-27(16-23(22)31)33-26-14-8-13-25-28(26)29(20)19-10-5-7-12-24(19)32-25/h4-16H,1-3H3/q+1. The van der Waals surface area contributed by atoms with E-state index in [4.69, 9.17) is 9.47 Å². The quantitative estimate of drug-likeness (QED) is 0.293. The number of hydrogen-bond donors (Lipinski definition) is 0. The summed E-state index contributed by atoms with van der Waals surface area (Å²) in [5.41, 5.74) is 8.22. The number of ether oxygens (including phenoxy) is 2. The summed E-state index contributed by atoms with van der Waals surface area (Å²) in [4.78, 5) is 0. The first-order chi connectivity index (χ1) is 16.1. The predicted molar refractivity (Wildman–Crippen MR) is 132 cm³/mol. The number of para-hydroxylation sites is 2. The van der Waals surface area contributed by atoms with Crippen LogP contribution in [0.15, 0.2) is 78.9 Å². The average molecular weight is 429 g/mol. The lowest BCUT2D eigenvalue weighted by molar-refractivity contribution is -0.652. The summed E-state index contributed by atoms with van der Waals surface area (Å²) in [6, 6.07) is 27.5. The van der Waals surface area contributed by atoms with Crippen LogP contribution in [-0.4, -0.2) is 11.3 Å². The Labute approximate surface area is 192 Å². The number of rotatable bonds is 1. The Morgan fingerprint density at radius 2 is 1.42 bits per heavy atom. The number of aryl methyl sites for hydroxylation is 2. The molecule has 0 radical (unpaired) electrons. The normalized spacial score (nSPS) is 13.1. The van der Waals surface area contributed by atoms with Crippen molar-refractivity contribution < 1.29 is 14.0 Å². The van der Waals surface area contributed by atoms with Gasteiger partial charge in [-0.25, -0.2) is 4.57 Å². The molecule has 0 fully saturated rings. The van der Waals surface area contributed by atoms with Gasteiger partial charge in [0.05, 0.1) is 7.05 Å². The smallest absolute Gasteiger partial charge is 0.260 e. The van der Waals surface area contributed by atoms with Crippen LogP contribution in [0.2, 0.25) is 0 Å². The molecule has 0 amide bonds. The molecule has 158 valence electrons. The number of imidazole rings is 1. The van der Waals surface area contributed by atoms with E-state index in [1.807, 2.05) is 24.3 Å². The van der Waals surface area contributed by atoms with Crippen LogP contribution in [-0.2, 0) is 7.05 Å². The van der Waals surface area contributed by atoms with E-state index in [-0.39, 0.29) is 6.71 Å². The third-order valence-corrected chi connectivity index (χ3v) is 7.17. The van der Waals surface area contributed by atoms with Crippen LogP contribution >= 0.6 is 0 Å². The molecule has 0 aliphatic carbocycles. The molecule has 0 unspecified atom stereocenters. The van der Waals surface area contributed by atoms with Crippen LogP contribution in [0, 0.1) is 13.8 Å². The highest BCUT2D eigenvalue weighted by Crippen LogP contribution is 2.35. The van der Waals surface area contributed by atoms with Gasteiger partial charge in [-0.2, -0.15) is 4.57 Å². The first-order valence-corrected chi connectivity index (χ1v) is 11.3. The van der Waals surface area contributed by atoms with Crippen LogP contribution in [0.25, 0.3) is 16.7 Å². The van der Waals surface area contributed by atoms with Gasteiger partial charge in [-0.05, 0) is 53.7 Å². The Hall–Kier alpha value is -3.99. The molecule has 4 nitrogen and oxygen atoms in total. The molecule has 3 heterocycles. The Bertz CT molecular complexity index is 1620. The van der Waals surface area contributed by atoms with Crippen LogP contribution in [0.1, 0.15) is 11.4 Å². The first-order valence-electron chi connectivity index (χ1n) is 11.3. The number of aromatic nitrogens is 2. The minimum atomic E-state index is 0.0800. The second kappa shape index (κ2) is 6.52. The van der Waals surface area contributed by atoms with Gasteiger partial charge in [0, 0.05) is 18.5 Å². The fourth-order valence-corrected chi connectivity index (χ4v) is 5.47. The molecule has 0 spiro atoms. The molecule has 7 rings (SSSR count). The summed E-state index contributed by atoms with van der Waals surface area (Å²) in [6.07, 6.45) is 0. The highest BCUT2D eigenvalue weighted by atomic mass is 16.5. The van der Waals surface area contributed by atoms with Crippen molar-refractivity contribution in [2.75, 3.05) is 0 Å². The molecule has 0 atom stereocenters. The van der Waals surface area contributed by atoms with Crippen LogP contribution in [0.5, 0.6) is 23.0 Å². The lowest BCUT2D eigenvalue weighted by Crippen LogP contribution is -2.57. The van der Waals surface area contributed by atoms with Gasteiger partial charge >= 0.3 is 0 Å². The molecule has 0 bridgehead atoms. The zero-order chi connectivity index (χ0) is 22.3. The summed E-state index contributed by atoms with van der Waals surface area (Å²) in [5, 5.41) is 0. The number of nitrogens with zero attached hydrogens (tertiary/aromatic N) is 2. The fraction of sp³-hybridized carbons (Fsp3) is 0.107. The number of hydrogen-bond acceptors (Lipinski definition) is 2. The fourth-order valence-electron chi connectivity index (χ4n) is 5.47. The van der Waals surface area contributed by atoms with Crippen molar-refractivity contribution in [2.45, 2.75) is 13.8 Å². The molecule has 5 heteroatoms. The zero-order valence-electron chi connectivity index (χ0n) is 18.8. The maximum Gasteiger partial charge on any atom is 0.260 e. The number of benzene rings is 4. The monoisotopic (exact) mass is 429 g/mol. The van der Waals surface area contributed by atoms with E-state index >= 15 is 0 Å². The van der Waals surface area contributed by atoms with E-state index in [1.54, 1.807) is 0 Å². The molecule has 0 saturated carbocycles. The lowest BCUT2D eigenvalue weighted by Gasteiger charge is -2.32. The third kappa shape index (κ3) is 2.45. The van der Waals surface area contributed by atoms with Crippen molar-refractivity contribution in [3.63, 3.8) is 0 Å². The Kier molecular flexibility index (Phi) is 3.67. The molecule has 0 saturated heterocycles. The molecule has 2 aliphatic heterocycles. The van der Waals surface area contributed by atoms with Crippen LogP contribution in [0.3, 0.4) is 0 Å². The van der Waals surface area contributed by atoms with E-state index in [9.17, 15) is 0 Å². The molecule has 5 aromatic rings. The van der Waals surface area contributed by atoms with Gasteiger partial charge < -0.3 is 9.47 Å². The molecule has 33 heavy (non-hydrogen) atoms. The van der Waals surface area contributed by atoms with Crippen LogP contribution in [0.4, 0.5) is 0 Å². The Balaban J connectivity index is 1.54. The second-order valence-electron chi connectivity index (χ2n) is 8.95. The van der Waals surface area contributed by atoms with Gasteiger partial charge in [0.15, 0.2) is 11.0 Å². The summed E-state index contributed by atoms with van der Waals surface area (Å²) in [7, 11) is 2.14. The van der Waals surface area contributed by atoms with E-state index in [1.165, 1.54) is 33.5 Å². The molecule has 0 N–H and O–H groups in total. The van der Waals surface area contributed by atoms with Crippen molar-refractivity contribution in [1.82, 2.24) is 4.57 Å². The van der Waals surface area contributed by atoms with E-state index in [0.717, 1.165) is 34.0 Å². The van der Waals surface area contributed by atoms with E-state index < -0.39 is 0 Å². The zero-order valence-corrected chi connectivity index (χ0v) is 18.8. The van der Waals surface area contributed by atoms with E-state index in [0.29, 0.717) is 0 Å². The predicted octanol–water partition coefficient (Wildman–Crippen LogP) is 3.80. The second-order valence-corrected chi connectivity index (χ2v) is 8.95. The van der Waals surface area contributed by atoms with Gasteiger partial charge in [-0.15, -0.1) is 0 Å². The molecule has 4 aromatic carbocycles. The summed E-state index contributed by atoms with van der Waals surface area (Å²) >= 11 is 0. The Morgan fingerprint density at radius 1 is 0.727 bits per heavy atom. The molecule has 2 aliphatic rings. The third-order valence-electron chi connectivity index (χ3n) is 7.17. The maximum absolute atomic E-state index is 6.52. The van der Waals surface area contributed by atoms with Crippen molar-refractivity contribution >= 4 is 34.1 Å². The van der Waals surface area contributed by atoms with Crippen molar-refractivity contribution in [1.29, 1.82) is 0 Å². The average Bonchev–Trinajstić information content (AvgIpc) is 3.07. The van der Waals surface area contributed by atoms with Gasteiger partial charge in [-0.1, -0.05) is 42.5 Å². The van der Waals surface area contributed by atoms with Gasteiger partial charge in [-0.3, -0.25) is 0 Å². The maximum atomic E-state index is 6.52. The Morgan fingerprint density at radius 3 is 2.24 bits per heavy atom. The minimum Gasteiger partial charge on any atom is -0.458 e. The minimum absolute atomic E-state index is 0.0800. The summed E-state index contributed by atoms with van der Waals surface area (Å²) in [6.45, 7) is 4.41. The van der Waals surface area contributed by atoms with Gasteiger partial charge in [0.1, 0.15) is 28.7 Å². The molecular formula is C28H22BN2O2+. The molecule has 1 aromatic heterocycles. The van der Waals surface area contributed by atoms with Gasteiger partial charge in [0.2, 0.25) is 0 Å². The number of fused-ring (bicyclic) bond motifs is 5. The topological polar surface area (TPSA) is 27.3 Å². The molecular weight excluding hydrogens is 407 g/mol. The summed E-state index contributed by atoms with van der Waals surface area (Å²) < 4.78 is 17.4. The van der Waals surface area contributed by atoms with Crippen molar-refractivity contribution in [3.05, 3.63) is 90.3 Å².